The summed E-state index contributed by atoms with van der Waals surface area (Å²) < 4.78 is 47.3. The van der Waals surface area contributed by atoms with E-state index in [1.165, 1.54) is 32.5 Å². The maximum Gasteiger partial charge on any atom is 0.242 e. The van der Waals surface area contributed by atoms with E-state index >= 15 is 0 Å². The molecule has 0 aromatic heterocycles. The number of nitrogens with one attached hydrogen (secondary N) is 1. The van der Waals surface area contributed by atoms with Crippen molar-refractivity contribution in [3.8, 4) is 0 Å². The lowest BCUT2D eigenvalue weighted by Crippen LogP contribution is -2.38. The van der Waals surface area contributed by atoms with Gasteiger partial charge >= 0.3 is 0 Å². The van der Waals surface area contributed by atoms with Crippen molar-refractivity contribution in [1.82, 2.24) is 4.31 Å². The fourth-order valence-electron chi connectivity index (χ4n) is 1.40. The number of nitrogens with zero attached hydrogens (tertiary/aromatic N) is 1. The van der Waals surface area contributed by atoms with Crippen molar-refractivity contribution < 1.29 is 16.8 Å². The van der Waals surface area contributed by atoms with E-state index in [0.717, 1.165) is 4.31 Å². The fraction of sp³-hybridized carbons (Fsp3) is 0.538. The molecule has 0 atom stereocenters. The fourth-order valence-corrected chi connectivity index (χ4v) is 2.64. The van der Waals surface area contributed by atoms with Crippen LogP contribution in [0.3, 0.4) is 0 Å². The van der Waals surface area contributed by atoms with E-state index in [0.29, 0.717) is 5.69 Å². The molecule has 0 spiro atoms. The van der Waals surface area contributed by atoms with Gasteiger partial charge in [0.25, 0.3) is 0 Å². The third-order valence-corrected chi connectivity index (χ3v) is 7.34. The van der Waals surface area contributed by atoms with Crippen LogP contribution >= 0.6 is 0 Å². The summed E-state index contributed by atoms with van der Waals surface area (Å²) in [4.78, 5) is 0.195. The minimum atomic E-state index is -3.45. The quantitative estimate of drug-likeness (QED) is 0.844. The zero-order chi connectivity index (χ0) is 16.5. The van der Waals surface area contributed by atoms with Gasteiger partial charge in [-0.15, -0.1) is 0 Å². The predicted octanol–water partition coefficient (Wildman–Crippen LogP) is 1.17. The van der Waals surface area contributed by atoms with Crippen LogP contribution in [0.1, 0.15) is 13.8 Å². The molecular weight excluding hydrogens is 312 g/mol. The van der Waals surface area contributed by atoms with Crippen LogP contribution < -0.4 is 5.32 Å². The lowest BCUT2D eigenvalue weighted by Gasteiger charge is -2.23. The SMILES string of the molecule is CN(C)S(=O)(=O)c1ccc(NCC(C)(C)S(C)(=O)=O)cc1. The Morgan fingerprint density at radius 1 is 1.05 bits per heavy atom. The number of sulfonamides is 1. The maximum absolute atomic E-state index is 11.9. The van der Waals surface area contributed by atoms with Gasteiger partial charge < -0.3 is 5.32 Å². The van der Waals surface area contributed by atoms with Gasteiger partial charge in [0.15, 0.2) is 9.84 Å². The summed E-state index contributed by atoms with van der Waals surface area (Å²) in [7, 11) is -3.69. The summed E-state index contributed by atoms with van der Waals surface area (Å²) in [5.41, 5.74) is 0.671. The third-order valence-electron chi connectivity index (χ3n) is 3.35. The number of benzene rings is 1. The summed E-state index contributed by atoms with van der Waals surface area (Å²) >= 11 is 0. The second kappa shape index (κ2) is 5.94. The van der Waals surface area contributed by atoms with E-state index in [1.807, 2.05) is 0 Å². The second-order valence-electron chi connectivity index (χ2n) is 5.70. The Hall–Kier alpha value is -1.12. The van der Waals surface area contributed by atoms with Crippen molar-refractivity contribution in [3.63, 3.8) is 0 Å². The van der Waals surface area contributed by atoms with E-state index in [9.17, 15) is 16.8 Å². The van der Waals surface area contributed by atoms with Crippen molar-refractivity contribution >= 4 is 25.5 Å². The van der Waals surface area contributed by atoms with Gasteiger partial charge in [-0.25, -0.2) is 21.1 Å². The van der Waals surface area contributed by atoms with Crippen LogP contribution in [0.5, 0.6) is 0 Å². The molecule has 1 aromatic carbocycles. The van der Waals surface area contributed by atoms with Crippen LogP contribution in [-0.4, -0.2) is 52.8 Å². The Kier molecular flexibility index (Phi) is 5.07. The lowest BCUT2D eigenvalue weighted by atomic mass is 10.2. The Balaban J connectivity index is 2.87. The zero-order valence-corrected chi connectivity index (χ0v) is 14.5. The molecule has 0 bridgehead atoms. The summed E-state index contributed by atoms with van der Waals surface area (Å²) in [6.45, 7) is 3.52. The predicted molar refractivity (Wildman–Crippen MR) is 84.7 cm³/mol. The molecule has 0 aliphatic rings. The molecule has 0 radical (unpaired) electrons. The molecule has 0 amide bonds. The standard InChI is InChI=1S/C13H22N2O4S2/c1-13(2,20(5,16)17)10-14-11-6-8-12(9-7-11)21(18,19)15(3)4/h6-9,14H,10H2,1-5H3. The molecule has 0 aliphatic heterocycles. The lowest BCUT2D eigenvalue weighted by molar-refractivity contribution is 0.521. The van der Waals surface area contributed by atoms with Crippen molar-refractivity contribution in [2.45, 2.75) is 23.5 Å². The van der Waals surface area contributed by atoms with Crippen LogP contribution in [-0.2, 0) is 19.9 Å². The molecule has 0 saturated carbocycles. The highest BCUT2D eigenvalue weighted by Crippen LogP contribution is 2.19. The topological polar surface area (TPSA) is 83.6 Å². The average molecular weight is 334 g/mol. The minimum absolute atomic E-state index is 0.195. The van der Waals surface area contributed by atoms with Crippen LogP contribution in [0.25, 0.3) is 0 Å². The van der Waals surface area contributed by atoms with Gasteiger partial charge in [-0.1, -0.05) is 0 Å². The van der Waals surface area contributed by atoms with E-state index in [-0.39, 0.29) is 11.4 Å². The van der Waals surface area contributed by atoms with Gasteiger partial charge in [0.2, 0.25) is 10.0 Å². The summed E-state index contributed by atoms with van der Waals surface area (Å²) in [5.74, 6) is 0. The van der Waals surface area contributed by atoms with Crippen molar-refractivity contribution in [3.05, 3.63) is 24.3 Å². The molecule has 0 aliphatic carbocycles. The average Bonchev–Trinajstić information content (AvgIpc) is 2.35. The molecule has 1 aromatic rings. The van der Waals surface area contributed by atoms with Crippen molar-refractivity contribution in [2.75, 3.05) is 32.2 Å². The normalized spacial score (nSPS) is 13.4. The molecule has 6 nitrogen and oxygen atoms in total. The molecule has 8 heteroatoms. The Morgan fingerprint density at radius 2 is 1.52 bits per heavy atom. The van der Waals surface area contributed by atoms with Gasteiger partial charge in [-0.2, -0.15) is 0 Å². The van der Waals surface area contributed by atoms with Crippen molar-refractivity contribution in [1.29, 1.82) is 0 Å². The Labute approximate surface area is 127 Å². The monoisotopic (exact) mass is 334 g/mol. The molecule has 0 saturated heterocycles. The summed E-state index contributed by atoms with van der Waals surface area (Å²) in [6.07, 6.45) is 1.20. The molecular formula is C13H22N2O4S2. The van der Waals surface area contributed by atoms with E-state index in [2.05, 4.69) is 5.32 Å². The van der Waals surface area contributed by atoms with Crippen molar-refractivity contribution in [2.24, 2.45) is 0 Å². The second-order valence-corrected chi connectivity index (χ2v) is 10.5. The highest BCUT2D eigenvalue weighted by molar-refractivity contribution is 7.92. The first-order valence-electron chi connectivity index (χ1n) is 6.34. The van der Waals surface area contributed by atoms with Gasteiger partial charge in [-0.05, 0) is 38.1 Å². The smallest absolute Gasteiger partial charge is 0.242 e. The van der Waals surface area contributed by atoms with E-state index in [1.54, 1.807) is 26.0 Å². The van der Waals surface area contributed by atoms with Crippen LogP contribution in [0, 0.1) is 0 Å². The van der Waals surface area contributed by atoms with E-state index in [4.69, 9.17) is 0 Å². The number of hydrogen-bond donors (Lipinski definition) is 1. The van der Waals surface area contributed by atoms with Gasteiger partial charge in [0.05, 0.1) is 9.64 Å². The van der Waals surface area contributed by atoms with Gasteiger partial charge in [0, 0.05) is 32.6 Å². The van der Waals surface area contributed by atoms with Crippen LogP contribution in [0.4, 0.5) is 5.69 Å². The number of sulfone groups is 1. The Bertz CT molecular complexity index is 690. The summed E-state index contributed by atoms with van der Waals surface area (Å²) in [5, 5.41) is 3.01. The van der Waals surface area contributed by atoms with Gasteiger partial charge in [0.1, 0.15) is 0 Å². The first kappa shape index (κ1) is 17.9. The number of hydrogen-bond acceptors (Lipinski definition) is 5. The van der Waals surface area contributed by atoms with Gasteiger partial charge in [-0.3, -0.25) is 0 Å². The number of anilines is 1. The molecule has 0 heterocycles. The number of rotatable bonds is 6. The maximum atomic E-state index is 11.9. The highest BCUT2D eigenvalue weighted by Gasteiger charge is 2.29. The molecule has 1 N–H and O–H groups in total. The molecule has 21 heavy (non-hydrogen) atoms. The minimum Gasteiger partial charge on any atom is -0.383 e. The molecule has 0 unspecified atom stereocenters. The Morgan fingerprint density at radius 3 is 1.90 bits per heavy atom. The molecule has 1 rings (SSSR count). The highest BCUT2D eigenvalue weighted by atomic mass is 32.2. The summed E-state index contributed by atoms with van der Waals surface area (Å²) in [6, 6.07) is 6.22. The molecule has 0 fully saturated rings. The first-order valence-corrected chi connectivity index (χ1v) is 9.67. The first-order chi connectivity index (χ1) is 9.38. The zero-order valence-electron chi connectivity index (χ0n) is 12.9. The third kappa shape index (κ3) is 4.18. The van der Waals surface area contributed by atoms with E-state index < -0.39 is 24.6 Å². The molecule has 120 valence electrons. The van der Waals surface area contributed by atoms with Crippen LogP contribution in [0.2, 0.25) is 0 Å². The van der Waals surface area contributed by atoms with Crippen LogP contribution in [0.15, 0.2) is 29.2 Å². The largest absolute Gasteiger partial charge is 0.383 e.